The highest BCUT2D eigenvalue weighted by molar-refractivity contribution is 6.39. The zero-order valence-corrected chi connectivity index (χ0v) is 29.9. The minimum Gasteiger partial charge on any atom is -0.452 e. The molecule has 9 unspecified atom stereocenters. The van der Waals surface area contributed by atoms with E-state index in [0.717, 1.165) is 17.6 Å². The fourth-order valence-electron chi connectivity index (χ4n) is 7.26. The maximum Gasteiger partial charge on any atom is 0.329 e. The summed E-state index contributed by atoms with van der Waals surface area (Å²) in [6.07, 6.45) is 6.99. The van der Waals surface area contributed by atoms with Crippen molar-refractivity contribution in [2.45, 2.75) is 136 Å². The molecule has 0 aromatic heterocycles. The number of carbonyl (C=O) groups is 4. The first-order valence-corrected chi connectivity index (χ1v) is 17.3. The van der Waals surface area contributed by atoms with Crippen molar-refractivity contribution in [2.75, 3.05) is 20.8 Å². The van der Waals surface area contributed by atoms with Crippen molar-refractivity contribution in [3.8, 4) is 0 Å². The molecule has 0 aliphatic carbocycles. The number of allylic oxidation sites excluding steroid dienone is 4. The zero-order chi connectivity index (χ0) is 35.1. The summed E-state index contributed by atoms with van der Waals surface area (Å²) in [7, 11) is 3.10. The van der Waals surface area contributed by atoms with Crippen LogP contribution in [0, 0.1) is 17.8 Å². The topological polar surface area (TPSA) is 129 Å². The number of nitrogens with zero attached hydrogens (tertiary/aromatic N) is 1. The van der Waals surface area contributed by atoms with Gasteiger partial charge >= 0.3 is 5.97 Å². The Balaban J connectivity index is 2.09. The van der Waals surface area contributed by atoms with Crippen LogP contribution in [0.2, 0.25) is 0 Å². The average molecular weight is 660 g/mol. The SMILES string of the molecule is CC=C(C)C1OC(=O)C2CCCCN2C(=O)C(=O)C2(O)OC(C(OC)CC(C)CC(C)/C=C(\CC)C(=O)C/C=C/1C)C(OC)CC2C. The van der Waals surface area contributed by atoms with Crippen molar-refractivity contribution >= 4 is 23.4 Å². The van der Waals surface area contributed by atoms with Crippen molar-refractivity contribution in [3.63, 3.8) is 0 Å². The van der Waals surface area contributed by atoms with Gasteiger partial charge in [0.05, 0.1) is 12.2 Å². The number of methoxy groups -OCH3 is 2. The summed E-state index contributed by atoms with van der Waals surface area (Å²) in [6, 6.07) is -1.01. The van der Waals surface area contributed by atoms with Gasteiger partial charge in [0.1, 0.15) is 18.2 Å². The van der Waals surface area contributed by atoms with Gasteiger partial charge in [-0.15, -0.1) is 0 Å². The molecule has 0 aromatic carbocycles. The summed E-state index contributed by atoms with van der Waals surface area (Å²) in [5, 5.41) is 11.9. The van der Waals surface area contributed by atoms with E-state index in [1.807, 2.05) is 45.9 Å². The first kappa shape index (κ1) is 38.8. The molecule has 264 valence electrons. The fraction of sp³-hybridized carbons (Fsp3) is 0.730. The number of hydrogen-bond acceptors (Lipinski definition) is 9. The predicted molar refractivity (Wildman–Crippen MR) is 178 cm³/mol. The summed E-state index contributed by atoms with van der Waals surface area (Å²) in [5.74, 6) is -5.69. The standard InChI is InChI=1S/C37H57NO9/c1-10-24(5)32-25(6)15-16-29(39)27(11-2)19-22(3)18-23(4)20-30(44-8)33-31(45-9)21-26(7)37(43,47-33)34(40)35(41)38-17-13-12-14-28(38)36(42)46-32/h10,15,19,22-23,26,28,30-33,43H,11-14,16-18,20-21H2,1-9H3/b24-10?,25-15+,27-19+. The second-order valence-electron chi connectivity index (χ2n) is 13.8. The van der Waals surface area contributed by atoms with Crippen LogP contribution in [0.4, 0.5) is 0 Å². The molecule has 0 radical (unpaired) electrons. The molecule has 10 heteroatoms. The molecule has 10 nitrogen and oxygen atoms in total. The molecule has 1 amide bonds. The highest BCUT2D eigenvalue weighted by Gasteiger charge is 2.56. The molecule has 47 heavy (non-hydrogen) atoms. The molecule has 3 aliphatic rings. The number of cyclic esters (lactones) is 1. The second kappa shape index (κ2) is 17.1. The van der Waals surface area contributed by atoms with E-state index in [2.05, 4.69) is 13.8 Å². The van der Waals surface area contributed by atoms with Crippen molar-refractivity contribution in [2.24, 2.45) is 17.8 Å². The number of ether oxygens (including phenoxy) is 4. The van der Waals surface area contributed by atoms with E-state index in [0.29, 0.717) is 37.7 Å². The molecule has 0 saturated carbocycles. The van der Waals surface area contributed by atoms with E-state index in [1.165, 1.54) is 4.90 Å². The fourth-order valence-corrected chi connectivity index (χ4v) is 7.26. The van der Waals surface area contributed by atoms with Gasteiger partial charge in [0.2, 0.25) is 5.79 Å². The van der Waals surface area contributed by atoms with E-state index in [-0.39, 0.29) is 37.0 Å². The maximum atomic E-state index is 14.0. The summed E-state index contributed by atoms with van der Waals surface area (Å²) >= 11 is 0. The Kier molecular flexibility index (Phi) is 14.1. The average Bonchev–Trinajstić information content (AvgIpc) is 3.06. The van der Waals surface area contributed by atoms with E-state index in [9.17, 15) is 24.3 Å². The van der Waals surface area contributed by atoms with Gasteiger partial charge in [-0.3, -0.25) is 14.4 Å². The molecule has 0 spiro atoms. The van der Waals surface area contributed by atoms with Crippen LogP contribution in [0.15, 0.2) is 34.9 Å². The molecule has 2 fully saturated rings. The molecular formula is C37H57NO9. The number of piperidine rings is 1. The lowest BCUT2D eigenvalue weighted by atomic mass is 9.81. The Morgan fingerprint density at radius 2 is 1.72 bits per heavy atom. The number of fused-ring (bicyclic) bond motifs is 3. The Morgan fingerprint density at radius 1 is 1.06 bits per heavy atom. The van der Waals surface area contributed by atoms with Crippen LogP contribution in [0.25, 0.3) is 0 Å². The van der Waals surface area contributed by atoms with Crippen LogP contribution in [-0.2, 0) is 38.1 Å². The Morgan fingerprint density at radius 3 is 2.34 bits per heavy atom. The Bertz CT molecular complexity index is 1240. The van der Waals surface area contributed by atoms with Gasteiger partial charge < -0.3 is 29.0 Å². The lowest BCUT2D eigenvalue weighted by Gasteiger charge is -2.47. The van der Waals surface area contributed by atoms with Gasteiger partial charge in [-0.1, -0.05) is 45.9 Å². The van der Waals surface area contributed by atoms with Crippen molar-refractivity contribution < 1.29 is 43.2 Å². The Labute approximate surface area is 280 Å². The molecule has 2 saturated heterocycles. The van der Waals surface area contributed by atoms with Crippen molar-refractivity contribution in [1.82, 2.24) is 4.90 Å². The number of esters is 1. The highest BCUT2D eigenvalue weighted by atomic mass is 16.7. The number of aliphatic hydroxyl groups is 1. The predicted octanol–water partition coefficient (Wildman–Crippen LogP) is 5.27. The lowest BCUT2D eigenvalue weighted by molar-refractivity contribution is -0.302. The van der Waals surface area contributed by atoms with Crippen LogP contribution in [-0.4, -0.2) is 90.5 Å². The zero-order valence-electron chi connectivity index (χ0n) is 29.9. The normalized spacial score (nSPS) is 38.3. The summed E-state index contributed by atoms with van der Waals surface area (Å²) in [4.78, 5) is 56.2. The molecule has 9 atom stereocenters. The third-order valence-electron chi connectivity index (χ3n) is 10.2. The van der Waals surface area contributed by atoms with E-state index in [4.69, 9.17) is 18.9 Å². The first-order chi connectivity index (χ1) is 22.2. The molecule has 3 aliphatic heterocycles. The third-order valence-corrected chi connectivity index (χ3v) is 10.2. The quantitative estimate of drug-likeness (QED) is 0.244. The third kappa shape index (κ3) is 9.08. The first-order valence-electron chi connectivity index (χ1n) is 17.3. The van der Waals surface area contributed by atoms with Crippen LogP contribution in [0.1, 0.15) is 99.8 Å². The van der Waals surface area contributed by atoms with Gasteiger partial charge in [-0.2, -0.15) is 0 Å². The van der Waals surface area contributed by atoms with Gasteiger partial charge in [0, 0.05) is 33.1 Å². The van der Waals surface area contributed by atoms with Gasteiger partial charge in [-0.25, -0.2) is 4.79 Å². The van der Waals surface area contributed by atoms with Gasteiger partial charge in [0.25, 0.3) is 11.7 Å². The van der Waals surface area contributed by atoms with E-state index >= 15 is 0 Å². The number of rotatable bonds is 4. The monoisotopic (exact) mass is 659 g/mol. The number of Topliss-reactive ketones (excluding diaryl/α,β-unsaturated/α-hetero) is 2. The maximum absolute atomic E-state index is 14.0. The molecule has 3 rings (SSSR count). The molecular weight excluding hydrogens is 602 g/mol. The Hall–Kier alpha value is -2.66. The smallest absolute Gasteiger partial charge is 0.329 e. The number of ketones is 2. The summed E-state index contributed by atoms with van der Waals surface area (Å²) in [6.45, 7) is 13.5. The molecule has 3 heterocycles. The van der Waals surface area contributed by atoms with Crippen molar-refractivity contribution in [3.05, 3.63) is 34.9 Å². The second-order valence-corrected chi connectivity index (χ2v) is 13.8. The van der Waals surface area contributed by atoms with Crippen LogP contribution < -0.4 is 0 Å². The van der Waals surface area contributed by atoms with E-state index < -0.39 is 59.8 Å². The van der Waals surface area contributed by atoms with Crippen LogP contribution in [0.3, 0.4) is 0 Å². The van der Waals surface area contributed by atoms with Crippen LogP contribution in [0.5, 0.6) is 0 Å². The van der Waals surface area contributed by atoms with Crippen LogP contribution >= 0.6 is 0 Å². The molecule has 0 aromatic rings. The van der Waals surface area contributed by atoms with Crippen molar-refractivity contribution in [1.29, 1.82) is 0 Å². The summed E-state index contributed by atoms with van der Waals surface area (Å²) < 4.78 is 23.9. The number of hydrogen-bond donors (Lipinski definition) is 1. The molecule has 2 bridgehead atoms. The number of amides is 1. The molecule has 1 N–H and O–H groups in total. The summed E-state index contributed by atoms with van der Waals surface area (Å²) in [5.41, 5.74) is 2.24. The minimum atomic E-state index is -2.43. The lowest BCUT2D eigenvalue weighted by Crippen LogP contribution is -2.64. The van der Waals surface area contributed by atoms with Gasteiger partial charge in [-0.05, 0) is 94.3 Å². The van der Waals surface area contributed by atoms with Gasteiger partial charge in [0.15, 0.2) is 5.78 Å². The van der Waals surface area contributed by atoms with E-state index in [1.54, 1.807) is 21.1 Å². The minimum absolute atomic E-state index is 0.0183. The largest absolute Gasteiger partial charge is 0.452 e. The highest BCUT2D eigenvalue weighted by Crippen LogP contribution is 2.39. The number of carbonyl (C=O) groups excluding carboxylic acids is 4.